The van der Waals surface area contributed by atoms with Gasteiger partial charge in [0, 0.05) is 25.9 Å². The molecule has 4 aliphatic heterocycles. The first-order chi connectivity index (χ1) is 44.3. The molecule has 0 amide bonds. The van der Waals surface area contributed by atoms with Gasteiger partial charge in [0.1, 0.15) is 24.4 Å². The third-order valence-electron chi connectivity index (χ3n) is 23.9. The minimum absolute atomic E-state index is 0.0189. The minimum atomic E-state index is -2.65. The van der Waals surface area contributed by atoms with Crippen LogP contribution in [0.5, 0.6) is 0 Å². The van der Waals surface area contributed by atoms with Crippen LogP contribution in [-0.2, 0) is 60.1 Å². The molecule has 4 saturated heterocycles. The molecule has 0 saturated carbocycles. The Morgan fingerprint density at radius 3 is 1.71 bits per heavy atom. The van der Waals surface area contributed by atoms with E-state index >= 15 is 0 Å². The van der Waals surface area contributed by atoms with Crippen molar-refractivity contribution in [2.75, 3.05) is 20.8 Å². The van der Waals surface area contributed by atoms with Gasteiger partial charge in [-0.15, -0.1) is 6.58 Å². The van der Waals surface area contributed by atoms with Gasteiger partial charge >= 0.3 is 11.9 Å². The number of rotatable bonds is 31. The summed E-state index contributed by atoms with van der Waals surface area (Å²) in [6.07, 6.45) is 4.17. The summed E-state index contributed by atoms with van der Waals surface area (Å²) in [5, 5.41) is 11.5. The highest BCUT2D eigenvalue weighted by molar-refractivity contribution is 6.76. The third-order valence-corrected chi connectivity index (χ3v) is 46.4. The molecule has 5 rings (SSSR count). The van der Waals surface area contributed by atoms with E-state index in [2.05, 4.69) is 196 Å². The Bertz CT molecular complexity index is 2750. The molecule has 4 heterocycles. The molecule has 0 spiro atoms. The minimum Gasteiger partial charge on any atom is -0.469 e. The second kappa shape index (κ2) is 33.7. The molecule has 20 heteroatoms. The van der Waals surface area contributed by atoms with Crippen LogP contribution in [0.1, 0.15) is 185 Å². The van der Waals surface area contributed by atoms with Crippen molar-refractivity contribution in [1.29, 1.82) is 0 Å². The number of aliphatic hydroxyl groups is 1. The van der Waals surface area contributed by atoms with E-state index in [-0.39, 0.29) is 98.2 Å². The van der Waals surface area contributed by atoms with E-state index in [9.17, 15) is 14.7 Å². The molecular formula is C77H138O15Si5. The van der Waals surface area contributed by atoms with Crippen molar-refractivity contribution in [3.63, 3.8) is 0 Å². The lowest BCUT2D eigenvalue weighted by Gasteiger charge is -2.54. The van der Waals surface area contributed by atoms with Gasteiger partial charge in [-0.25, -0.2) is 4.79 Å². The maximum absolute atomic E-state index is 14.3. The summed E-state index contributed by atoms with van der Waals surface area (Å²) in [5.41, 5.74) is 2.51. The van der Waals surface area contributed by atoms with Crippen molar-refractivity contribution in [3.05, 3.63) is 85.0 Å². The summed E-state index contributed by atoms with van der Waals surface area (Å²) in [4.78, 5) is 27.5. The summed E-state index contributed by atoms with van der Waals surface area (Å²) in [7, 11) is -9.10. The highest BCUT2D eigenvalue weighted by Gasteiger charge is 2.58. The number of benzene rings is 1. The molecule has 10 unspecified atom stereocenters. The van der Waals surface area contributed by atoms with E-state index in [0.717, 1.165) is 30.4 Å². The van der Waals surface area contributed by atoms with Gasteiger partial charge in [0.25, 0.3) is 0 Å². The molecule has 97 heavy (non-hydrogen) atoms. The number of aliphatic hydroxyl groups excluding tert-OH is 1. The normalized spacial score (nSPS) is 28.8. The summed E-state index contributed by atoms with van der Waals surface area (Å²) >= 11 is 0. The number of ether oxygens (including phenoxy) is 7. The van der Waals surface area contributed by atoms with Crippen LogP contribution in [0.25, 0.3) is 0 Å². The molecule has 4 aliphatic rings. The monoisotopic (exact) mass is 1440 g/mol. The predicted molar refractivity (Wildman–Crippen MR) is 407 cm³/mol. The van der Waals surface area contributed by atoms with Crippen molar-refractivity contribution in [2.24, 2.45) is 11.8 Å². The molecule has 1 aromatic rings. The summed E-state index contributed by atoms with van der Waals surface area (Å²) in [6, 6.07) is 9.08. The molecule has 15 nitrogen and oxygen atoms in total. The Hall–Kier alpha value is -2.24. The molecule has 1 N–H and O–H groups in total. The third kappa shape index (κ3) is 22.6. The van der Waals surface area contributed by atoms with Crippen LogP contribution in [0, 0.1) is 11.8 Å². The lowest BCUT2D eigenvalue weighted by Crippen LogP contribution is -2.68. The number of hydrogen-bond donors (Lipinski definition) is 1. The van der Waals surface area contributed by atoms with Crippen molar-refractivity contribution in [3.8, 4) is 0 Å². The number of methoxy groups -OCH3 is 2. The molecule has 17 atom stereocenters. The van der Waals surface area contributed by atoms with E-state index in [1.807, 2.05) is 36.4 Å². The molecule has 0 aliphatic carbocycles. The van der Waals surface area contributed by atoms with Crippen LogP contribution < -0.4 is 0 Å². The van der Waals surface area contributed by atoms with Crippen LogP contribution in [-0.4, -0.2) is 171 Å². The topological polar surface area (TPSA) is 165 Å². The lowest BCUT2D eigenvalue weighted by molar-refractivity contribution is -0.227. The van der Waals surface area contributed by atoms with Crippen molar-refractivity contribution < 1.29 is 70.0 Å². The maximum atomic E-state index is 14.3. The molecule has 0 radical (unpaired) electrons. The lowest BCUT2D eigenvalue weighted by atomic mass is 9.82. The molecule has 0 bridgehead atoms. The first-order valence-electron chi connectivity index (χ1n) is 36.5. The molecular weight excluding hydrogens is 1310 g/mol. The van der Waals surface area contributed by atoms with Gasteiger partial charge in [0.15, 0.2) is 47.7 Å². The SMILES string of the molecule is C=CCC1O[C@@H](C(/C=C/C(O)CCC2CC(=C)C(CC[C@H]3C[C@@H](C)C(=C)[C@@H](C[C@@H]4OC(CC(CO[Si](C)(C)C(C)(C)C)O[Si](C)(C)C(C)(C)C)[C@H](OC)C4CC(=O)OC)O3)O2)O[Si](C)(C)C(C)(C)C)C(O[Si](C)(C)C(C)(C)C)C(O[Si](C)(C)C(C)(C)C)[C@H]1OC(=O)c1ccccc1. The van der Waals surface area contributed by atoms with Crippen LogP contribution in [0.2, 0.25) is 90.7 Å². The fraction of sp³-hybridized carbons (Fsp3) is 0.792. The van der Waals surface area contributed by atoms with Crippen molar-refractivity contribution >= 4 is 53.5 Å². The van der Waals surface area contributed by atoms with Gasteiger partial charge in [0.05, 0.1) is 86.7 Å². The molecule has 4 fully saturated rings. The van der Waals surface area contributed by atoms with Crippen LogP contribution in [0.3, 0.4) is 0 Å². The van der Waals surface area contributed by atoms with Crippen LogP contribution >= 0.6 is 0 Å². The Morgan fingerprint density at radius 1 is 0.629 bits per heavy atom. The van der Waals surface area contributed by atoms with Crippen LogP contribution in [0.4, 0.5) is 0 Å². The average molecular weight is 1440 g/mol. The van der Waals surface area contributed by atoms with Crippen molar-refractivity contribution in [1.82, 2.24) is 0 Å². The Kier molecular flexibility index (Phi) is 29.7. The molecule has 556 valence electrons. The Labute approximate surface area is 595 Å². The Balaban J connectivity index is 1.36. The largest absolute Gasteiger partial charge is 0.469 e. The number of carbonyl (C=O) groups excluding carboxylic acids is 2. The zero-order valence-electron chi connectivity index (χ0n) is 66.0. The fourth-order valence-corrected chi connectivity index (χ4v) is 18.5. The van der Waals surface area contributed by atoms with Crippen molar-refractivity contribution in [2.45, 2.75) is 357 Å². The van der Waals surface area contributed by atoms with E-state index in [1.54, 1.807) is 19.2 Å². The standard InChI is InChI=1S/C77H138O15Si5/c1-32-36-61-68(88-72(80)54-37-34-33-35-38-54)70(91-96(28,29)76(14,15)16)71(92-97(30,31)77(17,18)19)69(87-61)62(90-95(26,27)75(11,12)13)43-40-55(78)39-41-56-46-52(3)60(84-56)44-42-57-45-51(2)53(4)63(85-57)49-64-59(48-66(79)81-20)67(82-21)65(86-64)47-58(89-94(24,25)74(8,9)10)50-83-93(22,23)73(5,6)7/h32-35,37-38,40,43,51,55-65,67-71,78H,1,3-4,36,39,41-42,44-50H2,2,5-31H3/b43-40+/t51-,55?,56?,57+,58?,59?,60?,61?,62?,63-,64+,65?,67-,68+,69+,70?,71?/m1/s1. The van der Waals surface area contributed by atoms with Gasteiger partial charge in [-0.3, -0.25) is 4.79 Å². The highest BCUT2D eigenvalue weighted by Crippen LogP contribution is 2.49. The zero-order valence-corrected chi connectivity index (χ0v) is 71.0. The fourth-order valence-electron chi connectivity index (χ4n) is 12.3. The second-order valence-corrected chi connectivity index (χ2v) is 60.3. The van der Waals surface area contributed by atoms with Gasteiger partial charge in [-0.1, -0.05) is 160 Å². The molecule has 1 aromatic carbocycles. The van der Waals surface area contributed by atoms with E-state index < -0.39 is 90.3 Å². The predicted octanol–water partition coefficient (Wildman–Crippen LogP) is 18.4. The average Bonchev–Trinajstić information content (AvgIpc) is 1.13. The first-order valence-corrected chi connectivity index (χ1v) is 51.0. The number of esters is 2. The van der Waals surface area contributed by atoms with Gasteiger partial charge in [0.2, 0.25) is 0 Å². The van der Waals surface area contributed by atoms with E-state index in [0.29, 0.717) is 50.7 Å². The van der Waals surface area contributed by atoms with E-state index in [4.69, 9.17) is 55.3 Å². The smallest absolute Gasteiger partial charge is 0.338 e. The summed E-state index contributed by atoms with van der Waals surface area (Å²) in [5.74, 6) is -0.855. The zero-order chi connectivity index (χ0) is 73.6. The van der Waals surface area contributed by atoms with Gasteiger partial charge in [-0.05, 0) is 165 Å². The second-order valence-electron chi connectivity index (χ2n) is 36.5. The van der Waals surface area contributed by atoms with E-state index in [1.165, 1.54) is 7.11 Å². The summed E-state index contributed by atoms with van der Waals surface area (Å²) < 4.78 is 83.4. The number of carbonyl (C=O) groups is 2. The first kappa shape index (κ1) is 85.4. The summed E-state index contributed by atoms with van der Waals surface area (Å²) in [6.45, 7) is 72.0. The van der Waals surface area contributed by atoms with Gasteiger partial charge < -0.3 is 60.4 Å². The quantitative estimate of drug-likeness (QED) is 0.0424. The number of hydrogen-bond acceptors (Lipinski definition) is 15. The Morgan fingerprint density at radius 2 is 1.18 bits per heavy atom. The maximum Gasteiger partial charge on any atom is 0.338 e. The highest BCUT2D eigenvalue weighted by atomic mass is 28.4. The molecule has 0 aromatic heterocycles. The van der Waals surface area contributed by atoms with Gasteiger partial charge in [-0.2, -0.15) is 0 Å². The van der Waals surface area contributed by atoms with Crippen LogP contribution in [0.15, 0.2) is 79.4 Å².